The van der Waals surface area contributed by atoms with Gasteiger partial charge in [0, 0.05) is 23.4 Å². The smallest absolute Gasteiger partial charge is 0.184 e. The third-order valence-electron chi connectivity index (χ3n) is 3.07. The van der Waals surface area contributed by atoms with Crippen LogP contribution in [0, 0.1) is 0 Å². The zero-order valence-corrected chi connectivity index (χ0v) is 12.3. The van der Waals surface area contributed by atoms with Crippen LogP contribution in [0.1, 0.15) is 25.8 Å². The van der Waals surface area contributed by atoms with Crippen molar-refractivity contribution < 1.29 is 4.74 Å². The summed E-state index contributed by atoms with van der Waals surface area (Å²) in [6.07, 6.45) is 1.95. The number of nitrogens with two attached hydrogens (primary N) is 1. The average Bonchev–Trinajstić information content (AvgIpc) is 2.87. The molecule has 0 fully saturated rings. The summed E-state index contributed by atoms with van der Waals surface area (Å²) >= 11 is 5.92. The highest BCUT2D eigenvalue weighted by Gasteiger charge is 2.19. The molecular weight excluding hydrogens is 278 g/mol. The van der Waals surface area contributed by atoms with Crippen molar-refractivity contribution in [2.24, 2.45) is 0 Å². The zero-order chi connectivity index (χ0) is 14.5. The van der Waals surface area contributed by atoms with Gasteiger partial charge in [0.15, 0.2) is 5.82 Å². The maximum Gasteiger partial charge on any atom is 0.184 e. The van der Waals surface area contributed by atoms with E-state index < -0.39 is 0 Å². The molecule has 2 rings (SSSR count). The highest BCUT2D eigenvalue weighted by Crippen LogP contribution is 2.28. The van der Waals surface area contributed by atoms with Crippen molar-refractivity contribution >= 4 is 17.3 Å². The number of benzene rings is 1. The number of ether oxygens (including phenoxy) is 1. The molecular formula is C13H18ClN5O. The summed E-state index contributed by atoms with van der Waals surface area (Å²) in [5.41, 5.74) is 7.34. The minimum absolute atomic E-state index is 0.0880. The molecule has 1 heterocycles. The molecule has 6 nitrogen and oxygen atoms in total. The quantitative estimate of drug-likeness (QED) is 0.829. The van der Waals surface area contributed by atoms with Crippen molar-refractivity contribution in [1.29, 1.82) is 0 Å². The van der Waals surface area contributed by atoms with E-state index in [1.807, 2.05) is 6.07 Å². The van der Waals surface area contributed by atoms with Gasteiger partial charge in [-0.3, -0.25) is 0 Å². The fourth-order valence-electron chi connectivity index (χ4n) is 2.16. The van der Waals surface area contributed by atoms with Crippen LogP contribution in [0.15, 0.2) is 18.2 Å². The lowest BCUT2D eigenvalue weighted by molar-refractivity contribution is 0.144. The van der Waals surface area contributed by atoms with Crippen LogP contribution in [0.2, 0.25) is 5.02 Å². The minimum Gasteiger partial charge on any atom is -0.398 e. The normalized spacial score (nSPS) is 12.6. The van der Waals surface area contributed by atoms with Crippen LogP contribution in [-0.2, 0) is 4.74 Å². The Kier molecular flexibility index (Phi) is 4.92. The van der Waals surface area contributed by atoms with E-state index in [9.17, 15) is 0 Å². The van der Waals surface area contributed by atoms with Crippen molar-refractivity contribution in [2.45, 2.75) is 25.8 Å². The molecule has 1 unspecified atom stereocenters. The molecule has 0 aliphatic rings. The molecule has 1 aromatic carbocycles. The predicted molar refractivity (Wildman–Crippen MR) is 78.5 cm³/mol. The van der Waals surface area contributed by atoms with Crippen LogP contribution in [-0.4, -0.2) is 33.9 Å². The topological polar surface area (TPSA) is 78.8 Å². The Bertz CT molecular complexity index is 566. The number of anilines is 1. The molecule has 0 aliphatic carbocycles. The molecule has 1 atom stereocenters. The van der Waals surface area contributed by atoms with E-state index in [0.717, 1.165) is 18.4 Å². The van der Waals surface area contributed by atoms with Gasteiger partial charge in [0.25, 0.3) is 0 Å². The number of nitrogens with zero attached hydrogens (tertiary/aromatic N) is 4. The summed E-state index contributed by atoms with van der Waals surface area (Å²) in [5.74, 6) is 0.634. The Morgan fingerprint density at radius 1 is 1.45 bits per heavy atom. The molecule has 0 amide bonds. The van der Waals surface area contributed by atoms with Crippen molar-refractivity contribution in [1.82, 2.24) is 20.2 Å². The van der Waals surface area contributed by atoms with E-state index in [2.05, 4.69) is 22.4 Å². The van der Waals surface area contributed by atoms with Gasteiger partial charge >= 0.3 is 0 Å². The zero-order valence-electron chi connectivity index (χ0n) is 11.6. The van der Waals surface area contributed by atoms with Crippen LogP contribution in [0.25, 0.3) is 11.4 Å². The highest BCUT2D eigenvalue weighted by atomic mass is 35.5. The second-order valence-electron chi connectivity index (χ2n) is 4.58. The van der Waals surface area contributed by atoms with Crippen LogP contribution in [0.4, 0.5) is 5.69 Å². The van der Waals surface area contributed by atoms with Gasteiger partial charge in [0.2, 0.25) is 0 Å². The van der Waals surface area contributed by atoms with Gasteiger partial charge in [-0.1, -0.05) is 24.9 Å². The average molecular weight is 296 g/mol. The standard InChI is InChI=1S/C13H18ClN5O/c1-3-4-10(8-20-2)19-13(16-17-18-19)11-6-5-9(14)7-12(11)15/h5-7,10H,3-4,8,15H2,1-2H3. The maximum absolute atomic E-state index is 6.00. The van der Waals surface area contributed by atoms with Crippen molar-refractivity contribution in [3.8, 4) is 11.4 Å². The van der Waals surface area contributed by atoms with Crippen molar-refractivity contribution in [3.05, 3.63) is 23.2 Å². The molecule has 2 N–H and O–H groups in total. The SMILES string of the molecule is CCCC(COC)n1nnnc1-c1ccc(Cl)cc1N. The van der Waals surface area contributed by atoms with Crippen LogP contribution < -0.4 is 5.73 Å². The van der Waals surface area contributed by atoms with Gasteiger partial charge in [0.1, 0.15) is 0 Å². The van der Waals surface area contributed by atoms with E-state index in [0.29, 0.717) is 23.1 Å². The van der Waals surface area contributed by atoms with Gasteiger partial charge in [-0.15, -0.1) is 5.10 Å². The van der Waals surface area contributed by atoms with Crippen molar-refractivity contribution in [3.63, 3.8) is 0 Å². The number of methoxy groups -OCH3 is 1. The first-order chi connectivity index (χ1) is 9.67. The Labute approximate surface area is 122 Å². The number of hydrogen-bond donors (Lipinski definition) is 1. The molecule has 7 heteroatoms. The van der Waals surface area contributed by atoms with Crippen LogP contribution in [0.3, 0.4) is 0 Å². The molecule has 0 aliphatic heterocycles. The molecule has 0 saturated carbocycles. The minimum atomic E-state index is 0.0880. The molecule has 1 aromatic heterocycles. The maximum atomic E-state index is 6.00. The third-order valence-corrected chi connectivity index (χ3v) is 3.31. The Balaban J connectivity index is 2.40. The fraction of sp³-hybridized carbons (Fsp3) is 0.462. The van der Waals surface area contributed by atoms with Crippen LogP contribution >= 0.6 is 11.6 Å². The highest BCUT2D eigenvalue weighted by molar-refractivity contribution is 6.31. The number of aromatic nitrogens is 4. The molecule has 2 aromatic rings. The summed E-state index contributed by atoms with van der Waals surface area (Å²) < 4.78 is 7.02. The Morgan fingerprint density at radius 2 is 2.25 bits per heavy atom. The Hall–Kier alpha value is -1.66. The van der Waals surface area contributed by atoms with E-state index in [1.165, 1.54) is 0 Å². The number of tetrazole rings is 1. The van der Waals surface area contributed by atoms with E-state index in [-0.39, 0.29) is 6.04 Å². The number of hydrogen-bond acceptors (Lipinski definition) is 5. The van der Waals surface area contributed by atoms with Crippen LogP contribution in [0.5, 0.6) is 0 Å². The molecule has 0 radical (unpaired) electrons. The van der Waals surface area contributed by atoms with E-state index in [1.54, 1.807) is 23.9 Å². The first-order valence-corrected chi connectivity index (χ1v) is 6.87. The lowest BCUT2D eigenvalue weighted by Gasteiger charge is -2.17. The van der Waals surface area contributed by atoms with Gasteiger partial charge < -0.3 is 10.5 Å². The van der Waals surface area contributed by atoms with E-state index in [4.69, 9.17) is 22.1 Å². The van der Waals surface area contributed by atoms with Gasteiger partial charge in [-0.2, -0.15) is 0 Å². The summed E-state index contributed by atoms with van der Waals surface area (Å²) in [4.78, 5) is 0. The van der Waals surface area contributed by atoms with Gasteiger partial charge in [-0.05, 0) is 35.0 Å². The second kappa shape index (κ2) is 6.67. The summed E-state index contributed by atoms with van der Waals surface area (Å²) in [5, 5.41) is 12.5. The first-order valence-electron chi connectivity index (χ1n) is 6.49. The monoisotopic (exact) mass is 295 g/mol. The molecule has 0 spiro atoms. The second-order valence-corrected chi connectivity index (χ2v) is 5.01. The Morgan fingerprint density at radius 3 is 2.90 bits per heavy atom. The van der Waals surface area contributed by atoms with Crippen molar-refractivity contribution in [2.75, 3.05) is 19.5 Å². The summed E-state index contributed by atoms with van der Waals surface area (Å²) in [7, 11) is 1.67. The largest absolute Gasteiger partial charge is 0.398 e. The fourth-order valence-corrected chi connectivity index (χ4v) is 2.34. The molecule has 20 heavy (non-hydrogen) atoms. The predicted octanol–water partition coefficient (Wildman–Crippen LogP) is 2.56. The summed E-state index contributed by atoms with van der Waals surface area (Å²) in [6, 6.07) is 5.39. The third kappa shape index (κ3) is 3.08. The summed E-state index contributed by atoms with van der Waals surface area (Å²) in [6.45, 7) is 2.67. The number of rotatable bonds is 6. The first kappa shape index (κ1) is 14.7. The number of halogens is 1. The number of nitrogen functional groups attached to an aromatic ring is 1. The van der Waals surface area contributed by atoms with E-state index >= 15 is 0 Å². The van der Waals surface area contributed by atoms with Gasteiger partial charge in [0.05, 0.1) is 12.6 Å². The van der Waals surface area contributed by atoms with Gasteiger partial charge in [-0.25, -0.2) is 4.68 Å². The lowest BCUT2D eigenvalue weighted by atomic mass is 10.1. The molecule has 0 bridgehead atoms. The lowest BCUT2D eigenvalue weighted by Crippen LogP contribution is -2.17. The molecule has 0 saturated heterocycles. The molecule has 108 valence electrons.